The van der Waals surface area contributed by atoms with Crippen molar-refractivity contribution in [2.45, 2.75) is 77.9 Å². The second-order valence-corrected chi connectivity index (χ2v) is 8.35. The SMILES string of the molecule is CC1CCN(c2nc(C3CC3)c(CNC(C)C)s2)C(C)C1. The number of aromatic nitrogens is 1. The van der Waals surface area contributed by atoms with Crippen LogP contribution in [0, 0.1) is 5.92 Å². The highest BCUT2D eigenvalue weighted by atomic mass is 32.1. The van der Waals surface area contributed by atoms with Crippen LogP contribution in [0.2, 0.25) is 0 Å². The lowest BCUT2D eigenvalue weighted by Gasteiger charge is -2.36. The predicted molar refractivity (Wildman–Crippen MR) is 91.3 cm³/mol. The minimum Gasteiger partial charge on any atom is -0.345 e. The third kappa shape index (κ3) is 3.59. The van der Waals surface area contributed by atoms with Crippen LogP contribution in [0.25, 0.3) is 0 Å². The van der Waals surface area contributed by atoms with Crippen molar-refractivity contribution in [2.75, 3.05) is 11.4 Å². The van der Waals surface area contributed by atoms with Gasteiger partial charge in [0.2, 0.25) is 0 Å². The topological polar surface area (TPSA) is 28.2 Å². The van der Waals surface area contributed by atoms with Crippen molar-refractivity contribution in [3.05, 3.63) is 10.6 Å². The van der Waals surface area contributed by atoms with Crippen LogP contribution < -0.4 is 10.2 Å². The first kappa shape index (κ1) is 15.3. The molecule has 3 nitrogen and oxygen atoms in total. The molecule has 2 aliphatic rings. The summed E-state index contributed by atoms with van der Waals surface area (Å²) in [4.78, 5) is 9.08. The maximum Gasteiger partial charge on any atom is 0.186 e. The Morgan fingerprint density at radius 1 is 1.29 bits per heavy atom. The van der Waals surface area contributed by atoms with Crippen molar-refractivity contribution in [1.29, 1.82) is 0 Å². The van der Waals surface area contributed by atoms with Crippen LogP contribution in [0.4, 0.5) is 5.13 Å². The molecule has 0 spiro atoms. The fourth-order valence-electron chi connectivity index (χ4n) is 3.26. The molecule has 1 saturated heterocycles. The van der Waals surface area contributed by atoms with Gasteiger partial charge in [0, 0.05) is 36.0 Å². The third-order valence-electron chi connectivity index (χ3n) is 4.74. The Hall–Kier alpha value is -0.610. The highest BCUT2D eigenvalue weighted by molar-refractivity contribution is 7.15. The molecule has 118 valence electrons. The second kappa shape index (κ2) is 6.25. The number of anilines is 1. The number of rotatable bonds is 5. The Bertz CT molecular complexity index is 478. The van der Waals surface area contributed by atoms with E-state index >= 15 is 0 Å². The summed E-state index contributed by atoms with van der Waals surface area (Å²) in [6.45, 7) is 11.3. The van der Waals surface area contributed by atoms with E-state index in [1.807, 2.05) is 11.3 Å². The Morgan fingerprint density at radius 3 is 2.67 bits per heavy atom. The van der Waals surface area contributed by atoms with Gasteiger partial charge in [-0.25, -0.2) is 4.98 Å². The Morgan fingerprint density at radius 2 is 2.05 bits per heavy atom. The van der Waals surface area contributed by atoms with E-state index in [9.17, 15) is 0 Å². The maximum absolute atomic E-state index is 5.05. The molecule has 3 rings (SSSR count). The molecule has 1 aliphatic heterocycles. The third-order valence-corrected chi connectivity index (χ3v) is 5.84. The average Bonchev–Trinajstić information content (AvgIpc) is 3.17. The largest absolute Gasteiger partial charge is 0.345 e. The van der Waals surface area contributed by atoms with Gasteiger partial charge in [-0.1, -0.05) is 20.8 Å². The number of piperidine rings is 1. The Kier molecular flexibility index (Phi) is 4.55. The van der Waals surface area contributed by atoms with E-state index in [-0.39, 0.29) is 0 Å². The van der Waals surface area contributed by atoms with Gasteiger partial charge in [-0.15, -0.1) is 11.3 Å². The van der Waals surface area contributed by atoms with Crippen LogP contribution >= 0.6 is 11.3 Å². The zero-order valence-electron chi connectivity index (χ0n) is 13.9. The quantitative estimate of drug-likeness (QED) is 0.886. The van der Waals surface area contributed by atoms with Crippen molar-refractivity contribution in [3.8, 4) is 0 Å². The van der Waals surface area contributed by atoms with Gasteiger partial charge in [0.05, 0.1) is 5.69 Å². The normalized spacial score (nSPS) is 26.6. The summed E-state index contributed by atoms with van der Waals surface area (Å²) in [5.41, 5.74) is 1.40. The molecule has 1 aromatic heterocycles. The van der Waals surface area contributed by atoms with Gasteiger partial charge in [-0.3, -0.25) is 0 Å². The van der Waals surface area contributed by atoms with Crippen molar-refractivity contribution in [1.82, 2.24) is 10.3 Å². The van der Waals surface area contributed by atoms with Gasteiger partial charge in [0.1, 0.15) is 0 Å². The van der Waals surface area contributed by atoms with Crippen molar-refractivity contribution in [3.63, 3.8) is 0 Å². The lowest BCUT2D eigenvalue weighted by atomic mass is 9.94. The van der Waals surface area contributed by atoms with Crippen LogP contribution in [-0.2, 0) is 6.54 Å². The number of hydrogen-bond donors (Lipinski definition) is 1. The average molecular weight is 308 g/mol. The number of thiazole rings is 1. The first-order valence-electron chi connectivity index (χ1n) is 8.54. The zero-order chi connectivity index (χ0) is 15.0. The van der Waals surface area contributed by atoms with Crippen LogP contribution in [0.3, 0.4) is 0 Å². The van der Waals surface area contributed by atoms with E-state index in [1.165, 1.54) is 47.9 Å². The van der Waals surface area contributed by atoms with Gasteiger partial charge < -0.3 is 10.2 Å². The molecule has 1 aromatic rings. The monoisotopic (exact) mass is 307 g/mol. The molecule has 1 aliphatic carbocycles. The summed E-state index contributed by atoms with van der Waals surface area (Å²) in [5.74, 6) is 1.61. The first-order valence-corrected chi connectivity index (χ1v) is 9.36. The number of nitrogens with one attached hydrogen (secondary N) is 1. The van der Waals surface area contributed by atoms with Crippen LogP contribution in [-0.4, -0.2) is 23.6 Å². The summed E-state index contributed by atoms with van der Waals surface area (Å²) in [6, 6.07) is 1.18. The predicted octanol–water partition coefficient (Wildman–Crippen LogP) is 4.14. The minimum absolute atomic E-state index is 0.539. The molecule has 2 heterocycles. The summed E-state index contributed by atoms with van der Waals surface area (Å²) in [5, 5.41) is 4.85. The fraction of sp³-hybridized carbons (Fsp3) is 0.824. The zero-order valence-corrected chi connectivity index (χ0v) is 14.7. The van der Waals surface area contributed by atoms with E-state index in [2.05, 4.69) is 37.9 Å². The van der Waals surface area contributed by atoms with Crippen LogP contribution in [0.5, 0.6) is 0 Å². The van der Waals surface area contributed by atoms with E-state index in [4.69, 9.17) is 4.98 Å². The van der Waals surface area contributed by atoms with Gasteiger partial charge in [-0.05, 0) is 38.5 Å². The van der Waals surface area contributed by atoms with Gasteiger partial charge in [0.15, 0.2) is 5.13 Å². The van der Waals surface area contributed by atoms with Crippen molar-refractivity contribution in [2.24, 2.45) is 5.92 Å². The smallest absolute Gasteiger partial charge is 0.186 e. The Balaban J connectivity index is 1.77. The van der Waals surface area contributed by atoms with E-state index in [0.717, 1.165) is 18.4 Å². The second-order valence-electron chi connectivity index (χ2n) is 7.29. The van der Waals surface area contributed by atoms with E-state index in [1.54, 1.807) is 0 Å². The van der Waals surface area contributed by atoms with Crippen molar-refractivity contribution >= 4 is 16.5 Å². The lowest BCUT2D eigenvalue weighted by molar-refractivity contribution is 0.377. The van der Waals surface area contributed by atoms with Crippen LogP contribution in [0.15, 0.2) is 0 Å². The molecular formula is C17H29N3S. The molecule has 2 fully saturated rings. The molecule has 21 heavy (non-hydrogen) atoms. The van der Waals surface area contributed by atoms with E-state index < -0.39 is 0 Å². The van der Waals surface area contributed by atoms with Gasteiger partial charge in [0.25, 0.3) is 0 Å². The highest BCUT2D eigenvalue weighted by Crippen LogP contribution is 2.45. The molecule has 1 N–H and O–H groups in total. The molecule has 0 aromatic carbocycles. The lowest BCUT2D eigenvalue weighted by Crippen LogP contribution is -2.40. The molecule has 4 heteroatoms. The van der Waals surface area contributed by atoms with Gasteiger partial charge >= 0.3 is 0 Å². The Labute approximate surface area is 133 Å². The summed E-state index contributed by atoms with van der Waals surface area (Å²) < 4.78 is 0. The molecule has 2 unspecified atom stereocenters. The first-order chi connectivity index (χ1) is 10.0. The van der Waals surface area contributed by atoms with Gasteiger partial charge in [-0.2, -0.15) is 0 Å². The minimum atomic E-state index is 0.539. The summed E-state index contributed by atoms with van der Waals surface area (Å²) in [6.07, 6.45) is 5.29. The molecule has 0 radical (unpaired) electrons. The summed E-state index contributed by atoms with van der Waals surface area (Å²) in [7, 11) is 0. The fourth-order valence-corrected chi connectivity index (χ4v) is 4.49. The maximum atomic E-state index is 5.05. The number of hydrogen-bond acceptors (Lipinski definition) is 4. The van der Waals surface area contributed by atoms with E-state index in [0.29, 0.717) is 12.1 Å². The molecule has 0 bridgehead atoms. The molecule has 0 amide bonds. The molecular weight excluding hydrogens is 278 g/mol. The standard InChI is InChI=1S/C17H29N3S/c1-11(2)18-10-15-16(14-5-6-14)19-17(21-15)20-8-7-12(3)9-13(20)4/h11-14,18H,5-10H2,1-4H3. The van der Waals surface area contributed by atoms with Crippen LogP contribution in [0.1, 0.15) is 69.9 Å². The summed E-state index contributed by atoms with van der Waals surface area (Å²) >= 11 is 1.93. The number of nitrogens with zero attached hydrogens (tertiary/aromatic N) is 2. The molecule has 2 atom stereocenters. The molecule has 1 saturated carbocycles. The highest BCUT2D eigenvalue weighted by Gasteiger charge is 2.32. The van der Waals surface area contributed by atoms with Crippen molar-refractivity contribution < 1.29 is 0 Å².